The quantitative estimate of drug-likeness (QED) is 0.287. The van der Waals surface area contributed by atoms with Crippen molar-refractivity contribution in [3.8, 4) is 0 Å². The molecule has 176 valence electrons. The highest BCUT2D eigenvalue weighted by molar-refractivity contribution is 5.92. The van der Waals surface area contributed by atoms with Gasteiger partial charge in [0.2, 0.25) is 11.8 Å². The molecule has 1 aliphatic rings. The van der Waals surface area contributed by atoms with Crippen LogP contribution in [0.2, 0.25) is 0 Å². The summed E-state index contributed by atoms with van der Waals surface area (Å²) >= 11 is 0. The molecule has 8 heteroatoms. The lowest BCUT2D eigenvalue weighted by Gasteiger charge is -2.30. The number of hydrogen-bond donors (Lipinski definition) is 5. The van der Waals surface area contributed by atoms with Crippen molar-refractivity contribution in [1.82, 2.24) is 16.1 Å². The minimum absolute atomic E-state index is 0.0735. The van der Waals surface area contributed by atoms with Gasteiger partial charge in [-0.3, -0.25) is 19.6 Å². The number of carbonyl (C=O) groups is 3. The van der Waals surface area contributed by atoms with Crippen molar-refractivity contribution in [3.05, 3.63) is 71.3 Å². The molecule has 2 aromatic rings. The number of carbonyl (C=O) groups excluding carboxylic acids is 3. The molecule has 3 amide bonds. The molecule has 1 unspecified atom stereocenters. The summed E-state index contributed by atoms with van der Waals surface area (Å²) < 4.78 is 0. The van der Waals surface area contributed by atoms with Crippen molar-refractivity contribution in [2.45, 2.75) is 44.2 Å². The Morgan fingerprint density at radius 2 is 1.64 bits per heavy atom. The number of aryl methyl sites for hydroxylation is 1. The molecule has 0 saturated carbocycles. The molecule has 5 N–H and O–H groups in total. The van der Waals surface area contributed by atoms with Gasteiger partial charge in [-0.1, -0.05) is 54.6 Å². The van der Waals surface area contributed by atoms with Crippen LogP contribution < -0.4 is 16.1 Å². The number of amides is 3. The standard InChI is InChI=1S/C25H31N3O5/c1-26-24(31)21(15-16-7-3-2-4-8-16)27-23(30)20(22(29)25(32)28-33)14-17-11-12-18-9-5-6-10-19(18)13-17/h2-10,17,20-22,29,33H,11-15H2,1H3,(H,26,31)(H,27,30)(H,28,32)/t17?,20-,21+,22+/m1/s1. The Kier molecular flexibility index (Phi) is 8.57. The molecule has 0 saturated heterocycles. The predicted octanol–water partition coefficient (Wildman–Crippen LogP) is 1.14. The van der Waals surface area contributed by atoms with Crippen LogP contribution in [-0.4, -0.2) is 47.2 Å². The summed E-state index contributed by atoms with van der Waals surface area (Å²) in [5.74, 6) is -3.07. The maximum Gasteiger partial charge on any atom is 0.272 e. The fourth-order valence-corrected chi connectivity index (χ4v) is 4.47. The van der Waals surface area contributed by atoms with E-state index in [2.05, 4.69) is 22.8 Å². The van der Waals surface area contributed by atoms with Crippen molar-refractivity contribution in [1.29, 1.82) is 0 Å². The second-order valence-electron chi connectivity index (χ2n) is 8.51. The summed E-state index contributed by atoms with van der Waals surface area (Å²) in [5.41, 5.74) is 4.76. The number of likely N-dealkylation sites (N-methyl/N-ethyl adjacent to an activating group) is 1. The molecule has 1 aliphatic carbocycles. The third kappa shape index (κ3) is 6.40. The zero-order valence-electron chi connectivity index (χ0n) is 18.7. The van der Waals surface area contributed by atoms with Crippen molar-refractivity contribution in [2.24, 2.45) is 11.8 Å². The van der Waals surface area contributed by atoms with Gasteiger partial charge in [0.1, 0.15) is 12.1 Å². The molecule has 4 atom stereocenters. The summed E-state index contributed by atoms with van der Waals surface area (Å²) in [6.45, 7) is 0. The van der Waals surface area contributed by atoms with E-state index in [0.29, 0.717) is 0 Å². The van der Waals surface area contributed by atoms with Gasteiger partial charge in [-0.25, -0.2) is 5.48 Å². The number of aliphatic hydroxyl groups excluding tert-OH is 1. The molecular formula is C25H31N3O5. The van der Waals surface area contributed by atoms with E-state index in [0.717, 1.165) is 24.8 Å². The van der Waals surface area contributed by atoms with E-state index < -0.39 is 29.9 Å². The normalized spacial score (nSPS) is 17.7. The van der Waals surface area contributed by atoms with Gasteiger partial charge in [0.05, 0.1) is 5.92 Å². The maximum absolute atomic E-state index is 13.2. The van der Waals surface area contributed by atoms with E-state index in [1.54, 1.807) is 0 Å². The van der Waals surface area contributed by atoms with Crippen molar-refractivity contribution in [3.63, 3.8) is 0 Å². The molecule has 0 aliphatic heterocycles. The van der Waals surface area contributed by atoms with Gasteiger partial charge in [0.15, 0.2) is 0 Å². The van der Waals surface area contributed by atoms with Gasteiger partial charge in [-0.15, -0.1) is 0 Å². The summed E-state index contributed by atoms with van der Waals surface area (Å²) in [4.78, 5) is 37.7. The first kappa shape index (κ1) is 24.4. The van der Waals surface area contributed by atoms with Crippen LogP contribution in [0.25, 0.3) is 0 Å². The zero-order valence-corrected chi connectivity index (χ0v) is 18.7. The number of nitrogens with one attached hydrogen (secondary N) is 3. The second-order valence-corrected chi connectivity index (χ2v) is 8.51. The second kappa shape index (κ2) is 11.6. The maximum atomic E-state index is 13.2. The summed E-state index contributed by atoms with van der Waals surface area (Å²) in [7, 11) is 1.48. The lowest BCUT2D eigenvalue weighted by molar-refractivity contribution is -0.147. The van der Waals surface area contributed by atoms with Gasteiger partial charge in [0, 0.05) is 13.5 Å². The molecule has 0 radical (unpaired) electrons. The first-order valence-electron chi connectivity index (χ1n) is 11.2. The molecule has 3 rings (SSSR count). The molecule has 0 spiro atoms. The molecule has 0 bridgehead atoms. The highest BCUT2D eigenvalue weighted by atomic mass is 16.5. The Labute approximate surface area is 193 Å². The van der Waals surface area contributed by atoms with Gasteiger partial charge in [-0.2, -0.15) is 0 Å². The molecule has 8 nitrogen and oxygen atoms in total. The fourth-order valence-electron chi connectivity index (χ4n) is 4.47. The number of benzene rings is 2. The molecule has 33 heavy (non-hydrogen) atoms. The third-order valence-electron chi connectivity index (χ3n) is 6.29. The van der Waals surface area contributed by atoms with Crippen molar-refractivity contribution >= 4 is 17.7 Å². The van der Waals surface area contributed by atoms with Crippen molar-refractivity contribution < 1.29 is 24.7 Å². The molecule has 0 fully saturated rings. The van der Waals surface area contributed by atoms with Crippen LogP contribution >= 0.6 is 0 Å². The number of rotatable bonds is 9. The van der Waals surface area contributed by atoms with E-state index in [-0.39, 0.29) is 24.7 Å². The Morgan fingerprint density at radius 1 is 0.970 bits per heavy atom. The lowest BCUT2D eigenvalue weighted by atomic mass is 9.78. The first-order valence-corrected chi connectivity index (χ1v) is 11.2. The van der Waals surface area contributed by atoms with E-state index in [9.17, 15) is 19.5 Å². The van der Waals surface area contributed by atoms with Crippen LogP contribution in [0.5, 0.6) is 0 Å². The summed E-state index contributed by atoms with van der Waals surface area (Å²) in [5, 5.41) is 24.8. The number of fused-ring (bicyclic) bond motifs is 1. The van der Waals surface area contributed by atoms with E-state index in [1.807, 2.05) is 42.5 Å². The molecule has 2 aromatic carbocycles. The van der Waals surface area contributed by atoms with Crippen molar-refractivity contribution in [2.75, 3.05) is 7.05 Å². The largest absolute Gasteiger partial charge is 0.382 e. The Morgan fingerprint density at radius 3 is 2.30 bits per heavy atom. The van der Waals surface area contributed by atoms with Crippen LogP contribution in [-0.2, 0) is 33.6 Å². The SMILES string of the molecule is CNC(=O)[C@H](Cc1ccccc1)NC(=O)[C@H](CC1CCc2ccccc2C1)[C@H](O)C(=O)NO. The highest BCUT2D eigenvalue weighted by Crippen LogP contribution is 2.31. The topological polar surface area (TPSA) is 128 Å². The lowest BCUT2D eigenvalue weighted by Crippen LogP contribution is -2.52. The number of aliphatic hydroxyl groups is 1. The van der Waals surface area contributed by atoms with Gasteiger partial charge >= 0.3 is 0 Å². The van der Waals surface area contributed by atoms with Gasteiger partial charge in [0.25, 0.3) is 5.91 Å². The molecular weight excluding hydrogens is 422 g/mol. The van der Waals surface area contributed by atoms with E-state index >= 15 is 0 Å². The minimum atomic E-state index is -1.74. The number of hydrogen-bond acceptors (Lipinski definition) is 5. The summed E-state index contributed by atoms with van der Waals surface area (Å²) in [6.07, 6.45) is 1.17. The fraction of sp³-hybridized carbons (Fsp3) is 0.400. The minimum Gasteiger partial charge on any atom is -0.382 e. The smallest absolute Gasteiger partial charge is 0.272 e. The zero-order chi connectivity index (χ0) is 23.8. The van der Waals surface area contributed by atoms with Gasteiger partial charge < -0.3 is 15.7 Å². The predicted molar refractivity (Wildman–Crippen MR) is 122 cm³/mol. The van der Waals surface area contributed by atoms with Crippen LogP contribution in [0.1, 0.15) is 29.5 Å². The molecule has 0 heterocycles. The van der Waals surface area contributed by atoms with Crippen LogP contribution in [0.3, 0.4) is 0 Å². The Balaban J connectivity index is 1.76. The first-order chi connectivity index (χ1) is 15.9. The van der Waals surface area contributed by atoms with E-state index in [1.165, 1.54) is 23.7 Å². The van der Waals surface area contributed by atoms with E-state index in [4.69, 9.17) is 5.21 Å². The van der Waals surface area contributed by atoms with Crippen LogP contribution in [0.4, 0.5) is 0 Å². The third-order valence-corrected chi connectivity index (χ3v) is 6.29. The van der Waals surface area contributed by atoms with Crippen LogP contribution in [0, 0.1) is 11.8 Å². The summed E-state index contributed by atoms with van der Waals surface area (Å²) in [6, 6.07) is 16.5. The van der Waals surface area contributed by atoms with Crippen LogP contribution in [0.15, 0.2) is 54.6 Å². The monoisotopic (exact) mass is 453 g/mol. The Hall–Kier alpha value is -3.23. The average Bonchev–Trinajstić information content (AvgIpc) is 2.85. The van der Waals surface area contributed by atoms with Gasteiger partial charge in [-0.05, 0) is 48.3 Å². The highest BCUT2D eigenvalue weighted by Gasteiger charge is 2.36. The number of hydroxylamine groups is 1. The average molecular weight is 454 g/mol. The molecule has 0 aromatic heterocycles. The Bertz CT molecular complexity index is 966.